The van der Waals surface area contributed by atoms with E-state index < -0.39 is 12.4 Å². The molecule has 1 aromatic heterocycles. The molecule has 0 aliphatic rings. The molecule has 0 spiro atoms. The molecule has 0 aliphatic heterocycles. The van der Waals surface area contributed by atoms with E-state index in [0.717, 1.165) is 0 Å². The Hall–Kier alpha value is -1.08. The number of aromatic nitrogens is 1. The Labute approximate surface area is 112 Å². The number of esters is 1. The second kappa shape index (κ2) is 6.75. The summed E-state index contributed by atoms with van der Waals surface area (Å²) in [5.41, 5.74) is 5.76. The molecular formula is C11H13BrF2N2O2. The van der Waals surface area contributed by atoms with Crippen molar-refractivity contribution in [3.05, 3.63) is 27.5 Å². The van der Waals surface area contributed by atoms with Crippen LogP contribution >= 0.6 is 15.9 Å². The molecule has 0 saturated heterocycles. The first-order valence-corrected chi connectivity index (χ1v) is 6.10. The summed E-state index contributed by atoms with van der Waals surface area (Å²) in [5, 5.41) is 0. The predicted octanol–water partition coefficient (Wildman–Crippen LogP) is 2.35. The summed E-state index contributed by atoms with van der Waals surface area (Å²) >= 11 is 3.18. The van der Waals surface area contributed by atoms with Crippen LogP contribution in [-0.2, 0) is 22.5 Å². The third-order valence-corrected chi connectivity index (χ3v) is 3.25. The molecular weight excluding hydrogens is 310 g/mol. The van der Waals surface area contributed by atoms with E-state index in [4.69, 9.17) is 10.5 Å². The summed E-state index contributed by atoms with van der Waals surface area (Å²) in [4.78, 5) is 15.0. The molecule has 1 heterocycles. The van der Waals surface area contributed by atoms with Gasteiger partial charge in [0.2, 0.25) is 0 Å². The second-order valence-corrected chi connectivity index (χ2v) is 4.24. The molecule has 0 unspecified atom stereocenters. The third kappa shape index (κ3) is 3.46. The lowest BCUT2D eigenvalue weighted by Crippen LogP contribution is -2.12. The van der Waals surface area contributed by atoms with Crippen molar-refractivity contribution in [3.63, 3.8) is 0 Å². The SMILES string of the molecule is CCOC(=O)Cc1cnc(C(F)F)c(CN)c1Br. The van der Waals surface area contributed by atoms with E-state index in [1.165, 1.54) is 6.20 Å². The maximum Gasteiger partial charge on any atom is 0.310 e. The van der Waals surface area contributed by atoms with Gasteiger partial charge in [-0.1, -0.05) is 15.9 Å². The smallest absolute Gasteiger partial charge is 0.310 e. The second-order valence-electron chi connectivity index (χ2n) is 3.45. The zero-order valence-electron chi connectivity index (χ0n) is 9.75. The molecule has 7 heteroatoms. The number of pyridine rings is 1. The normalized spacial score (nSPS) is 10.8. The van der Waals surface area contributed by atoms with Gasteiger partial charge in [-0.15, -0.1) is 0 Å². The topological polar surface area (TPSA) is 65.2 Å². The molecule has 4 nitrogen and oxygen atoms in total. The molecule has 1 aromatic rings. The van der Waals surface area contributed by atoms with Crippen LogP contribution < -0.4 is 5.73 Å². The summed E-state index contributed by atoms with van der Waals surface area (Å²) in [6.45, 7) is 1.88. The van der Waals surface area contributed by atoms with Gasteiger partial charge in [0.15, 0.2) is 0 Å². The van der Waals surface area contributed by atoms with Crippen LogP contribution in [0.1, 0.15) is 30.2 Å². The molecule has 0 atom stereocenters. The lowest BCUT2D eigenvalue weighted by atomic mass is 10.1. The van der Waals surface area contributed by atoms with Crippen LogP contribution in [0.5, 0.6) is 0 Å². The van der Waals surface area contributed by atoms with E-state index in [0.29, 0.717) is 10.0 Å². The van der Waals surface area contributed by atoms with Crippen LogP contribution in [0.3, 0.4) is 0 Å². The third-order valence-electron chi connectivity index (χ3n) is 2.27. The van der Waals surface area contributed by atoms with Crippen molar-refractivity contribution < 1.29 is 18.3 Å². The Bertz CT molecular complexity index is 441. The molecule has 0 bridgehead atoms. The molecule has 2 N–H and O–H groups in total. The average molecular weight is 323 g/mol. The number of carbonyl (C=O) groups is 1. The number of nitrogens with zero attached hydrogens (tertiary/aromatic N) is 1. The minimum atomic E-state index is -2.70. The minimum Gasteiger partial charge on any atom is -0.466 e. The molecule has 0 aliphatic carbocycles. The van der Waals surface area contributed by atoms with Crippen molar-refractivity contribution >= 4 is 21.9 Å². The van der Waals surface area contributed by atoms with Gasteiger partial charge in [-0.05, 0) is 12.5 Å². The summed E-state index contributed by atoms with van der Waals surface area (Å²) < 4.78 is 30.5. The summed E-state index contributed by atoms with van der Waals surface area (Å²) in [6, 6.07) is 0. The molecule has 0 amide bonds. The number of carbonyl (C=O) groups excluding carboxylic acids is 1. The molecule has 100 valence electrons. The fraction of sp³-hybridized carbons (Fsp3) is 0.455. The molecule has 0 saturated carbocycles. The van der Waals surface area contributed by atoms with Crippen molar-refractivity contribution in [2.75, 3.05) is 6.61 Å². The highest BCUT2D eigenvalue weighted by Crippen LogP contribution is 2.29. The van der Waals surface area contributed by atoms with E-state index >= 15 is 0 Å². The summed E-state index contributed by atoms with van der Waals surface area (Å²) in [6.07, 6.45) is -1.49. The number of ether oxygens (including phenoxy) is 1. The van der Waals surface area contributed by atoms with Gasteiger partial charge >= 0.3 is 5.97 Å². The Morgan fingerprint density at radius 3 is 2.78 bits per heavy atom. The van der Waals surface area contributed by atoms with Crippen molar-refractivity contribution in [2.45, 2.75) is 26.3 Å². The molecule has 0 fully saturated rings. The largest absolute Gasteiger partial charge is 0.466 e. The van der Waals surface area contributed by atoms with E-state index in [2.05, 4.69) is 20.9 Å². The molecule has 0 aromatic carbocycles. The number of halogens is 3. The van der Waals surface area contributed by atoms with Gasteiger partial charge in [0.1, 0.15) is 5.69 Å². The Kier molecular flexibility index (Phi) is 5.61. The standard InChI is InChI=1S/C11H13BrF2N2O2/c1-2-18-8(17)3-6-5-16-10(11(13)14)7(4-15)9(6)12/h5,11H,2-4,15H2,1H3. The molecule has 18 heavy (non-hydrogen) atoms. The van der Waals surface area contributed by atoms with E-state index in [9.17, 15) is 13.6 Å². The first-order valence-electron chi connectivity index (χ1n) is 5.31. The van der Waals surface area contributed by atoms with Crippen LogP contribution in [0.2, 0.25) is 0 Å². The van der Waals surface area contributed by atoms with Crippen molar-refractivity contribution in [3.8, 4) is 0 Å². The Morgan fingerprint density at radius 1 is 1.61 bits per heavy atom. The average Bonchev–Trinajstić information content (AvgIpc) is 2.31. The first kappa shape index (κ1) is 15.0. The van der Waals surface area contributed by atoms with E-state index in [-0.39, 0.29) is 30.8 Å². The van der Waals surface area contributed by atoms with Crippen molar-refractivity contribution in [1.82, 2.24) is 4.98 Å². The summed E-state index contributed by atoms with van der Waals surface area (Å²) in [7, 11) is 0. The zero-order valence-corrected chi connectivity index (χ0v) is 11.3. The monoisotopic (exact) mass is 322 g/mol. The fourth-order valence-corrected chi connectivity index (χ4v) is 2.07. The number of rotatable bonds is 5. The highest BCUT2D eigenvalue weighted by Gasteiger charge is 2.19. The van der Waals surface area contributed by atoms with Gasteiger partial charge in [0.05, 0.1) is 13.0 Å². The van der Waals surface area contributed by atoms with Gasteiger partial charge in [0, 0.05) is 22.8 Å². The Balaban J connectivity index is 3.05. The molecule has 0 radical (unpaired) electrons. The fourth-order valence-electron chi connectivity index (χ4n) is 1.46. The van der Waals surface area contributed by atoms with Crippen LogP contribution in [0.25, 0.3) is 0 Å². The van der Waals surface area contributed by atoms with Crippen LogP contribution in [0.15, 0.2) is 10.7 Å². The first-order chi connectivity index (χ1) is 8.51. The van der Waals surface area contributed by atoms with Crippen molar-refractivity contribution in [1.29, 1.82) is 0 Å². The van der Waals surface area contributed by atoms with Gasteiger partial charge in [-0.3, -0.25) is 9.78 Å². The highest BCUT2D eigenvalue weighted by atomic mass is 79.9. The number of hydrogen-bond donors (Lipinski definition) is 1. The molecule has 1 rings (SSSR count). The van der Waals surface area contributed by atoms with E-state index in [1.54, 1.807) is 6.92 Å². The number of alkyl halides is 2. The van der Waals surface area contributed by atoms with E-state index in [1.807, 2.05) is 0 Å². The summed E-state index contributed by atoms with van der Waals surface area (Å²) in [5.74, 6) is -0.437. The quantitative estimate of drug-likeness (QED) is 0.845. The highest BCUT2D eigenvalue weighted by molar-refractivity contribution is 9.10. The predicted molar refractivity (Wildman–Crippen MR) is 65.1 cm³/mol. The zero-order chi connectivity index (χ0) is 13.7. The maximum absolute atomic E-state index is 12.7. The van der Waals surface area contributed by atoms with Gasteiger partial charge < -0.3 is 10.5 Å². The number of hydrogen-bond acceptors (Lipinski definition) is 4. The lowest BCUT2D eigenvalue weighted by molar-refractivity contribution is -0.142. The number of nitrogens with two attached hydrogens (primary N) is 1. The van der Waals surface area contributed by atoms with Crippen LogP contribution in [0, 0.1) is 0 Å². The maximum atomic E-state index is 12.7. The van der Waals surface area contributed by atoms with Crippen LogP contribution in [-0.4, -0.2) is 17.6 Å². The van der Waals surface area contributed by atoms with Crippen LogP contribution in [0.4, 0.5) is 8.78 Å². The Morgan fingerprint density at radius 2 is 2.28 bits per heavy atom. The minimum absolute atomic E-state index is 0.0298. The van der Waals surface area contributed by atoms with Crippen molar-refractivity contribution in [2.24, 2.45) is 5.73 Å². The van der Waals surface area contributed by atoms with Gasteiger partial charge in [-0.2, -0.15) is 0 Å². The van der Waals surface area contributed by atoms with Gasteiger partial charge in [-0.25, -0.2) is 8.78 Å². The van der Waals surface area contributed by atoms with Gasteiger partial charge in [0.25, 0.3) is 6.43 Å². The lowest BCUT2D eigenvalue weighted by Gasteiger charge is -2.12.